The van der Waals surface area contributed by atoms with Crippen molar-refractivity contribution in [3.8, 4) is 16.9 Å². The van der Waals surface area contributed by atoms with Gasteiger partial charge in [0.15, 0.2) is 0 Å². The van der Waals surface area contributed by atoms with Crippen molar-refractivity contribution in [2.45, 2.75) is 39.7 Å². The molecule has 22 heavy (non-hydrogen) atoms. The number of fused-ring (bicyclic) bond motifs is 1. The van der Waals surface area contributed by atoms with Gasteiger partial charge in [0.2, 0.25) is 0 Å². The Labute approximate surface area is 132 Å². The molecule has 0 atom stereocenters. The molecule has 2 aromatic rings. The Morgan fingerprint density at radius 1 is 1.09 bits per heavy atom. The van der Waals surface area contributed by atoms with Crippen molar-refractivity contribution in [2.75, 3.05) is 0 Å². The third-order valence-corrected chi connectivity index (χ3v) is 3.81. The van der Waals surface area contributed by atoms with Gasteiger partial charge < -0.3 is 4.74 Å². The quantitative estimate of drug-likeness (QED) is 0.782. The van der Waals surface area contributed by atoms with Crippen molar-refractivity contribution < 1.29 is 4.74 Å². The number of rotatable bonds is 3. The zero-order chi connectivity index (χ0) is 15.7. The second-order valence-electron chi connectivity index (χ2n) is 6.93. The number of nitrogens with zero attached hydrogens (tertiary/aromatic N) is 1. The summed E-state index contributed by atoms with van der Waals surface area (Å²) >= 11 is 0. The molecule has 1 aliphatic rings. The minimum atomic E-state index is -0.227. The van der Waals surface area contributed by atoms with Crippen LogP contribution in [0.2, 0.25) is 0 Å². The van der Waals surface area contributed by atoms with Gasteiger partial charge in [0.1, 0.15) is 11.4 Å². The van der Waals surface area contributed by atoms with E-state index in [-0.39, 0.29) is 5.60 Å². The molecule has 3 rings (SSSR count). The van der Waals surface area contributed by atoms with E-state index in [1.807, 2.05) is 6.20 Å². The Morgan fingerprint density at radius 3 is 2.64 bits per heavy atom. The van der Waals surface area contributed by atoms with Crippen molar-refractivity contribution in [3.05, 3.63) is 53.9 Å². The zero-order valence-corrected chi connectivity index (χ0v) is 13.8. The molecule has 1 aromatic carbocycles. The van der Waals surface area contributed by atoms with E-state index >= 15 is 0 Å². The first-order valence-electron chi connectivity index (χ1n) is 7.90. The second kappa shape index (κ2) is 5.60. The molecule has 114 valence electrons. The molecule has 0 radical (unpaired) electrons. The third-order valence-electron chi connectivity index (χ3n) is 3.81. The van der Waals surface area contributed by atoms with Crippen LogP contribution in [-0.4, -0.2) is 10.6 Å². The van der Waals surface area contributed by atoms with Crippen LogP contribution in [0.5, 0.6) is 5.75 Å². The van der Waals surface area contributed by atoms with Gasteiger partial charge in [-0.3, -0.25) is 4.98 Å². The molecular formula is C20H23NO. The maximum Gasteiger partial charge on any atom is 0.127 e. The van der Waals surface area contributed by atoms with Crippen LogP contribution in [0.3, 0.4) is 0 Å². The molecule has 0 N–H and O–H groups in total. The lowest BCUT2D eigenvalue weighted by Crippen LogP contribution is -2.27. The fraction of sp³-hybridized carbons (Fsp3) is 0.350. The fourth-order valence-electron chi connectivity index (χ4n) is 2.75. The zero-order valence-electron chi connectivity index (χ0n) is 13.8. The summed E-state index contributed by atoms with van der Waals surface area (Å²) in [6.07, 6.45) is 7.17. The van der Waals surface area contributed by atoms with E-state index in [0.29, 0.717) is 5.92 Å². The highest BCUT2D eigenvalue weighted by molar-refractivity contribution is 5.71. The van der Waals surface area contributed by atoms with E-state index in [0.717, 1.165) is 23.4 Å². The second-order valence-corrected chi connectivity index (χ2v) is 6.93. The van der Waals surface area contributed by atoms with Gasteiger partial charge in [-0.1, -0.05) is 26.0 Å². The Bertz CT molecular complexity index is 713. The minimum absolute atomic E-state index is 0.227. The number of hydrogen-bond donors (Lipinski definition) is 0. The van der Waals surface area contributed by atoms with Gasteiger partial charge >= 0.3 is 0 Å². The van der Waals surface area contributed by atoms with Crippen molar-refractivity contribution >= 4 is 6.08 Å². The number of benzene rings is 1. The summed E-state index contributed by atoms with van der Waals surface area (Å²) < 4.78 is 5.99. The fourth-order valence-corrected chi connectivity index (χ4v) is 2.75. The molecule has 2 heterocycles. The monoisotopic (exact) mass is 293 g/mol. The van der Waals surface area contributed by atoms with Gasteiger partial charge in [0.05, 0.1) is 0 Å². The number of pyridine rings is 1. The van der Waals surface area contributed by atoms with Gasteiger partial charge in [-0.2, -0.15) is 0 Å². The van der Waals surface area contributed by atoms with Crippen LogP contribution >= 0.6 is 0 Å². The highest BCUT2D eigenvalue weighted by atomic mass is 16.5. The minimum Gasteiger partial charge on any atom is -0.483 e. The predicted molar refractivity (Wildman–Crippen MR) is 92.0 cm³/mol. The van der Waals surface area contributed by atoms with Crippen LogP contribution in [0.4, 0.5) is 0 Å². The summed E-state index contributed by atoms with van der Waals surface area (Å²) in [4.78, 5) is 4.47. The number of hydrogen-bond acceptors (Lipinski definition) is 2. The molecule has 0 spiro atoms. The average Bonchev–Trinajstić information content (AvgIpc) is 2.45. The molecule has 0 fully saturated rings. The van der Waals surface area contributed by atoms with Crippen LogP contribution in [-0.2, 0) is 6.42 Å². The van der Waals surface area contributed by atoms with Gasteiger partial charge in [-0.25, -0.2) is 0 Å². The van der Waals surface area contributed by atoms with Crippen LogP contribution in [0.15, 0.2) is 42.6 Å². The first-order valence-corrected chi connectivity index (χ1v) is 7.90. The molecule has 0 unspecified atom stereocenters. The van der Waals surface area contributed by atoms with Crippen molar-refractivity contribution in [1.29, 1.82) is 0 Å². The van der Waals surface area contributed by atoms with Gasteiger partial charge in [0, 0.05) is 17.5 Å². The standard InChI is InChI=1S/C20H23NO/c1-14(2)11-18-13-16(8-10-21-18)15-5-6-19-17(12-15)7-9-20(3,4)22-19/h5-10,12-14H,11H2,1-4H3. The van der Waals surface area contributed by atoms with Gasteiger partial charge in [-0.05, 0) is 67.7 Å². The molecule has 2 heteroatoms. The molecule has 0 amide bonds. The largest absolute Gasteiger partial charge is 0.483 e. The molecule has 1 aromatic heterocycles. The lowest BCUT2D eigenvalue weighted by atomic mass is 9.97. The number of aromatic nitrogens is 1. The van der Waals surface area contributed by atoms with Crippen LogP contribution < -0.4 is 4.74 Å². The molecule has 0 aliphatic carbocycles. The summed E-state index contributed by atoms with van der Waals surface area (Å²) in [5, 5.41) is 0. The summed E-state index contributed by atoms with van der Waals surface area (Å²) in [6.45, 7) is 8.58. The molecule has 1 aliphatic heterocycles. The smallest absolute Gasteiger partial charge is 0.127 e. The Balaban J connectivity index is 1.94. The van der Waals surface area contributed by atoms with E-state index in [1.54, 1.807) is 0 Å². The molecule has 0 saturated carbocycles. The van der Waals surface area contributed by atoms with Gasteiger partial charge in [-0.15, -0.1) is 0 Å². The lowest BCUT2D eigenvalue weighted by Gasteiger charge is -2.28. The Hall–Kier alpha value is -2.09. The van der Waals surface area contributed by atoms with Crippen molar-refractivity contribution in [1.82, 2.24) is 4.98 Å². The Kier molecular flexibility index (Phi) is 3.78. The van der Waals surface area contributed by atoms with Crippen LogP contribution in [0.25, 0.3) is 17.2 Å². The summed E-state index contributed by atoms with van der Waals surface area (Å²) in [6, 6.07) is 10.7. The van der Waals surface area contributed by atoms with E-state index in [2.05, 4.69) is 75.2 Å². The maximum atomic E-state index is 5.99. The molecule has 0 bridgehead atoms. The SMILES string of the molecule is CC(C)Cc1cc(-c2ccc3c(c2)C=CC(C)(C)O3)ccn1. The molecular weight excluding hydrogens is 270 g/mol. The van der Waals surface area contributed by atoms with Crippen LogP contribution in [0, 0.1) is 5.92 Å². The van der Waals surface area contributed by atoms with E-state index in [9.17, 15) is 0 Å². The van der Waals surface area contributed by atoms with E-state index in [4.69, 9.17) is 4.74 Å². The Morgan fingerprint density at radius 2 is 1.86 bits per heavy atom. The molecule has 2 nitrogen and oxygen atoms in total. The van der Waals surface area contributed by atoms with Crippen molar-refractivity contribution in [3.63, 3.8) is 0 Å². The average molecular weight is 293 g/mol. The molecule has 0 saturated heterocycles. The summed E-state index contributed by atoms with van der Waals surface area (Å²) in [5.41, 5.74) is 4.48. The van der Waals surface area contributed by atoms with E-state index in [1.165, 1.54) is 11.1 Å². The van der Waals surface area contributed by atoms with Crippen molar-refractivity contribution in [2.24, 2.45) is 5.92 Å². The van der Waals surface area contributed by atoms with Gasteiger partial charge in [0.25, 0.3) is 0 Å². The number of ether oxygens (including phenoxy) is 1. The first-order chi connectivity index (χ1) is 10.4. The topological polar surface area (TPSA) is 22.1 Å². The maximum absolute atomic E-state index is 5.99. The summed E-state index contributed by atoms with van der Waals surface area (Å²) in [5.74, 6) is 1.57. The van der Waals surface area contributed by atoms with E-state index < -0.39 is 0 Å². The summed E-state index contributed by atoms with van der Waals surface area (Å²) in [7, 11) is 0. The van der Waals surface area contributed by atoms with Crippen LogP contribution in [0.1, 0.15) is 39.0 Å². The third kappa shape index (κ3) is 3.22. The first kappa shape index (κ1) is 14.8. The highest BCUT2D eigenvalue weighted by Gasteiger charge is 2.21. The lowest BCUT2D eigenvalue weighted by molar-refractivity contribution is 0.159. The highest BCUT2D eigenvalue weighted by Crippen LogP contribution is 2.34. The predicted octanol–water partition coefficient (Wildman–Crippen LogP) is 5.13. The normalized spacial score (nSPS) is 15.5.